The monoisotopic (exact) mass is 477 g/mol. The number of aryl methyl sites for hydroxylation is 1. The number of fused-ring (bicyclic) bond motifs is 1. The van der Waals surface area contributed by atoms with Crippen molar-refractivity contribution in [1.29, 1.82) is 5.26 Å². The number of nitro benzene ring substituents is 1. The van der Waals surface area contributed by atoms with Crippen LogP contribution in [0.3, 0.4) is 0 Å². The van der Waals surface area contributed by atoms with Crippen LogP contribution in [0.1, 0.15) is 23.6 Å². The molecule has 0 aromatic heterocycles. The summed E-state index contributed by atoms with van der Waals surface area (Å²) in [4.78, 5) is 23.4. The molecule has 0 heterocycles. The fourth-order valence-corrected chi connectivity index (χ4v) is 3.74. The zero-order valence-corrected chi connectivity index (χ0v) is 19.6. The minimum absolute atomic E-state index is 0.00193. The number of benzene rings is 4. The van der Waals surface area contributed by atoms with E-state index in [4.69, 9.17) is 4.74 Å². The maximum absolute atomic E-state index is 12.9. The van der Waals surface area contributed by atoms with Gasteiger partial charge >= 0.3 is 0 Å². The number of nitrogens with one attached hydrogen (secondary N) is 1. The van der Waals surface area contributed by atoms with Gasteiger partial charge < -0.3 is 10.1 Å². The van der Waals surface area contributed by atoms with Crippen LogP contribution in [0.2, 0.25) is 0 Å². The van der Waals surface area contributed by atoms with Gasteiger partial charge in [0, 0.05) is 23.4 Å². The predicted octanol–water partition coefficient (Wildman–Crippen LogP) is 6.44. The van der Waals surface area contributed by atoms with E-state index in [1.165, 1.54) is 18.2 Å². The second-order valence-corrected chi connectivity index (χ2v) is 8.09. The lowest BCUT2D eigenvalue weighted by molar-refractivity contribution is -0.384. The summed E-state index contributed by atoms with van der Waals surface area (Å²) in [7, 11) is 0. The maximum Gasteiger partial charge on any atom is 0.269 e. The van der Waals surface area contributed by atoms with Crippen LogP contribution in [0.15, 0.2) is 90.5 Å². The highest BCUT2D eigenvalue weighted by Crippen LogP contribution is 2.31. The molecule has 7 heteroatoms. The van der Waals surface area contributed by atoms with Gasteiger partial charge in [0.05, 0.1) is 4.92 Å². The molecule has 0 saturated heterocycles. The lowest BCUT2D eigenvalue weighted by Crippen LogP contribution is -2.13. The minimum atomic E-state index is -0.518. The average Bonchev–Trinajstić information content (AvgIpc) is 2.91. The zero-order valence-electron chi connectivity index (χ0n) is 19.6. The molecular formula is C29H23N3O4. The van der Waals surface area contributed by atoms with Gasteiger partial charge in [-0.3, -0.25) is 14.9 Å². The molecule has 4 aromatic rings. The number of amides is 1. The molecule has 0 bridgehead atoms. The Hall–Kier alpha value is -4.96. The molecular weight excluding hydrogens is 454 g/mol. The van der Waals surface area contributed by atoms with Crippen molar-refractivity contribution in [1.82, 2.24) is 0 Å². The van der Waals surface area contributed by atoms with Crippen LogP contribution in [0.4, 0.5) is 11.4 Å². The van der Waals surface area contributed by atoms with Crippen LogP contribution in [0, 0.1) is 21.4 Å². The summed E-state index contributed by atoms with van der Waals surface area (Å²) in [5.74, 6) is -0.0316. The highest BCUT2D eigenvalue weighted by atomic mass is 16.6. The molecule has 1 amide bonds. The first kappa shape index (κ1) is 24.2. The van der Waals surface area contributed by atoms with Crippen LogP contribution in [0.25, 0.3) is 16.8 Å². The predicted molar refractivity (Wildman–Crippen MR) is 139 cm³/mol. The normalized spacial score (nSPS) is 11.1. The summed E-state index contributed by atoms with van der Waals surface area (Å²) in [5, 5.41) is 25.2. The van der Waals surface area contributed by atoms with Crippen molar-refractivity contribution in [3.63, 3.8) is 0 Å². The molecule has 0 aliphatic carbocycles. The Morgan fingerprint density at radius 1 is 1.00 bits per heavy atom. The Labute approximate surface area is 208 Å². The third-order valence-corrected chi connectivity index (χ3v) is 5.75. The van der Waals surface area contributed by atoms with Gasteiger partial charge in [0.1, 0.15) is 24.0 Å². The van der Waals surface area contributed by atoms with Crippen molar-refractivity contribution in [2.45, 2.75) is 20.0 Å². The van der Waals surface area contributed by atoms with Crippen molar-refractivity contribution in [3.05, 3.63) is 117 Å². The number of carbonyl (C=O) groups is 1. The highest BCUT2D eigenvalue weighted by molar-refractivity contribution is 6.11. The molecule has 4 rings (SSSR count). The molecule has 0 fully saturated rings. The van der Waals surface area contributed by atoms with Crippen molar-refractivity contribution in [2.24, 2.45) is 0 Å². The first-order valence-electron chi connectivity index (χ1n) is 11.4. The van der Waals surface area contributed by atoms with Crippen LogP contribution < -0.4 is 10.1 Å². The Kier molecular flexibility index (Phi) is 7.37. The van der Waals surface area contributed by atoms with Gasteiger partial charge in [-0.2, -0.15) is 5.26 Å². The number of non-ortho nitro benzene ring substituents is 1. The minimum Gasteiger partial charge on any atom is -0.488 e. The largest absolute Gasteiger partial charge is 0.488 e. The molecule has 0 radical (unpaired) electrons. The lowest BCUT2D eigenvalue weighted by atomic mass is 10.0. The van der Waals surface area contributed by atoms with Crippen LogP contribution >= 0.6 is 0 Å². The van der Waals surface area contributed by atoms with Gasteiger partial charge in [0.15, 0.2) is 0 Å². The van der Waals surface area contributed by atoms with Crippen molar-refractivity contribution < 1.29 is 14.5 Å². The van der Waals surface area contributed by atoms with E-state index in [1.54, 1.807) is 18.2 Å². The molecule has 4 aromatic carbocycles. The van der Waals surface area contributed by atoms with E-state index in [2.05, 4.69) is 12.2 Å². The summed E-state index contributed by atoms with van der Waals surface area (Å²) in [5.41, 5.74) is 3.04. The van der Waals surface area contributed by atoms with E-state index < -0.39 is 10.8 Å². The van der Waals surface area contributed by atoms with E-state index in [1.807, 2.05) is 60.7 Å². The molecule has 0 spiro atoms. The van der Waals surface area contributed by atoms with E-state index in [0.29, 0.717) is 17.0 Å². The number of nitriles is 1. The summed E-state index contributed by atoms with van der Waals surface area (Å²) in [6.45, 7) is 2.21. The smallest absolute Gasteiger partial charge is 0.269 e. The number of carbonyl (C=O) groups excluding carboxylic acids is 1. The van der Waals surface area contributed by atoms with Gasteiger partial charge in [-0.15, -0.1) is 0 Å². The number of nitro groups is 1. The molecule has 7 nitrogen and oxygen atoms in total. The lowest BCUT2D eigenvalue weighted by Gasteiger charge is -2.13. The van der Waals surface area contributed by atoms with Crippen LogP contribution in [-0.4, -0.2) is 10.8 Å². The van der Waals surface area contributed by atoms with E-state index in [0.717, 1.165) is 28.3 Å². The fourth-order valence-electron chi connectivity index (χ4n) is 3.74. The number of hydrogen-bond donors (Lipinski definition) is 1. The van der Waals surface area contributed by atoms with Crippen LogP contribution in [-0.2, 0) is 17.8 Å². The molecule has 0 aliphatic rings. The first-order chi connectivity index (χ1) is 17.5. The topological polar surface area (TPSA) is 105 Å². The first-order valence-corrected chi connectivity index (χ1v) is 11.4. The third-order valence-electron chi connectivity index (χ3n) is 5.75. The average molecular weight is 478 g/mol. The SMILES string of the molecule is CCc1ccc(NC(=O)/C(C#N)=C\c2c(OCc3ccc([N+](=O)[O-])cc3)ccc3ccccc23)cc1. The van der Waals surface area contributed by atoms with Gasteiger partial charge in [-0.25, -0.2) is 0 Å². The van der Waals surface area contributed by atoms with E-state index >= 15 is 0 Å². The van der Waals surface area contributed by atoms with Gasteiger partial charge in [-0.1, -0.05) is 49.4 Å². The van der Waals surface area contributed by atoms with E-state index in [9.17, 15) is 20.2 Å². The number of rotatable bonds is 8. The molecule has 178 valence electrons. The van der Waals surface area contributed by atoms with Crippen molar-refractivity contribution in [3.8, 4) is 11.8 Å². The molecule has 1 N–H and O–H groups in total. The fraction of sp³-hybridized carbons (Fsp3) is 0.103. The summed E-state index contributed by atoms with van der Waals surface area (Å²) < 4.78 is 6.05. The number of ether oxygens (including phenoxy) is 1. The molecule has 0 aliphatic heterocycles. The number of nitrogens with zero attached hydrogens (tertiary/aromatic N) is 2. The van der Waals surface area contributed by atoms with Gasteiger partial charge in [0.25, 0.3) is 11.6 Å². The molecule has 0 atom stereocenters. The van der Waals surface area contributed by atoms with E-state index in [-0.39, 0.29) is 17.9 Å². The standard InChI is InChI=1S/C29H23N3O4/c1-2-20-7-12-24(13-8-20)31-29(33)23(18-30)17-27-26-6-4-3-5-22(26)11-16-28(27)36-19-21-9-14-25(15-10-21)32(34)35/h3-17H,2,19H2,1H3,(H,31,33)/b23-17-. The summed E-state index contributed by atoms with van der Waals surface area (Å²) in [6.07, 6.45) is 2.42. The Bertz CT molecular complexity index is 1480. The zero-order chi connectivity index (χ0) is 25.5. The number of anilines is 1. The maximum atomic E-state index is 12.9. The van der Waals surface area contributed by atoms with Gasteiger partial charge in [0.2, 0.25) is 0 Å². The summed E-state index contributed by atoms with van der Waals surface area (Å²) >= 11 is 0. The Morgan fingerprint density at radius 2 is 1.69 bits per heavy atom. The second kappa shape index (κ2) is 11.0. The van der Waals surface area contributed by atoms with Crippen LogP contribution in [0.5, 0.6) is 5.75 Å². The highest BCUT2D eigenvalue weighted by Gasteiger charge is 2.14. The third kappa shape index (κ3) is 5.57. The van der Waals surface area contributed by atoms with Crippen molar-refractivity contribution in [2.75, 3.05) is 5.32 Å². The molecule has 0 unspecified atom stereocenters. The van der Waals surface area contributed by atoms with Gasteiger partial charge in [-0.05, 0) is 64.7 Å². The number of hydrogen-bond acceptors (Lipinski definition) is 5. The second-order valence-electron chi connectivity index (χ2n) is 8.09. The Morgan fingerprint density at radius 3 is 2.36 bits per heavy atom. The molecule has 36 heavy (non-hydrogen) atoms. The molecule has 0 saturated carbocycles. The van der Waals surface area contributed by atoms with Crippen molar-refractivity contribution >= 4 is 34.1 Å². The Balaban J connectivity index is 1.64. The summed E-state index contributed by atoms with van der Waals surface area (Å²) in [6, 6.07) is 26.9. The quantitative estimate of drug-likeness (QED) is 0.136.